The van der Waals surface area contributed by atoms with Gasteiger partial charge in [-0.05, 0) is 55.9 Å². The number of piperidine rings is 1. The van der Waals surface area contributed by atoms with E-state index in [-0.39, 0.29) is 22.4 Å². The lowest BCUT2D eigenvalue weighted by Gasteiger charge is -2.34. The van der Waals surface area contributed by atoms with Crippen molar-refractivity contribution in [2.45, 2.75) is 25.7 Å². The van der Waals surface area contributed by atoms with E-state index < -0.39 is 11.6 Å². The molecule has 150 valence electrons. The zero-order chi connectivity index (χ0) is 19.7. The van der Waals surface area contributed by atoms with Crippen LogP contribution in [-0.4, -0.2) is 26.2 Å². The fourth-order valence-electron chi connectivity index (χ4n) is 4.02. The Kier molecular flexibility index (Phi) is 5.58. The van der Waals surface area contributed by atoms with E-state index in [0.717, 1.165) is 55.7 Å². The molecular weight excluding hydrogens is 389 g/mol. The van der Waals surface area contributed by atoms with Crippen molar-refractivity contribution >= 4 is 23.0 Å². The SMILES string of the molecule is Fc1ccc(OCC2CCN(c3c(F)cc(Cl)cc3F)CC2)c2c1NCCC2. The molecule has 1 fully saturated rings. The Hall–Kier alpha value is -2.08. The van der Waals surface area contributed by atoms with Gasteiger partial charge in [0.25, 0.3) is 0 Å². The fourth-order valence-corrected chi connectivity index (χ4v) is 4.21. The van der Waals surface area contributed by atoms with Crippen LogP contribution in [-0.2, 0) is 6.42 Å². The third-order valence-electron chi connectivity index (χ3n) is 5.51. The summed E-state index contributed by atoms with van der Waals surface area (Å²) < 4.78 is 48.2. The van der Waals surface area contributed by atoms with E-state index in [9.17, 15) is 13.2 Å². The number of fused-ring (bicyclic) bond motifs is 1. The Labute approximate surface area is 167 Å². The van der Waals surface area contributed by atoms with Crippen LogP contribution in [0.5, 0.6) is 5.75 Å². The lowest BCUT2D eigenvalue weighted by molar-refractivity contribution is 0.220. The first-order valence-electron chi connectivity index (χ1n) is 9.60. The molecule has 3 nitrogen and oxygen atoms in total. The minimum atomic E-state index is -0.634. The average molecular weight is 411 g/mol. The summed E-state index contributed by atoms with van der Waals surface area (Å²) in [5.74, 6) is -0.509. The number of anilines is 2. The van der Waals surface area contributed by atoms with Crippen molar-refractivity contribution in [3.63, 3.8) is 0 Å². The van der Waals surface area contributed by atoms with Crippen LogP contribution in [0.4, 0.5) is 24.5 Å². The highest BCUT2D eigenvalue weighted by Crippen LogP contribution is 2.34. The molecule has 0 bridgehead atoms. The summed E-state index contributed by atoms with van der Waals surface area (Å²) in [7, 11) is 0. The van der Waals surface area contributed by atoms with Gasteiger partial charge in [-0.3, -0.25) is 0 Å². The van der Waals surface area contributed by atoms with Crippen LogP contribution in [0, 0.1) is 23.4 Å². The highest BCUT2D eigenvalue weighted by molar-refractivity contribution is 6.30. The first-order chi connectivity index (χ1) is 13.5. The second kappa shape index (κ2) is 8.11. The van der Waals surface area contributed by atoms with E-state index in [2.05, 4.69) is 5.32 Å². The van der Waals surface area contributed by atoms with E-state index in [1.165, 1.54) is 6.07 Å². The molecule has 0 amide bonds. The molecule has 0 unspecified atom stereocenters. The standard InChI is InChI=1S/C21H22ClF3N2O/c22-14-10-17(24)21(18(25)11-14)27-8-5-13(6-9-27)12-28-19-4-3-16(23)20-15(19)2-1-7-26-20/h3-4,10-11,13,26H,1-2,5-9,12H2. The van der Waals surface area contributed by atoms with Crippen LogP contribution in [0.3, 0.4) is 0 Å². The summed E-state index contributed by atoms with van der Waals surface area (Å²) in [6.07, 6.45) is 3.28. The van der Waals surface area contributed by atoms with Gasteiger partial charge in [0.2, 0.25) is 0 Å². The first kappa shape index (κ1) is 19.2. The van der Waals surface area contributed by atoms with Gasteiger partial charge < -0.3 is 15.0 Å². The van der Waals surface area contributed by atoms with Crippen molar-refractivity contribution < 1.29 is 17.9 Å². The Morgan fingerprint density at radius 2 is 1.79 bits per heavy atom. The van der Waals surface area contributed by atoms with E-state index >= 15 is 0 Å². The fraction of sp³-hybridized carbons (Fsp3) is 0.429. The summed E-state index contributed by atoms with van der Waals surface area (Å²) in [5, 5.41) is 3.16. The predicted molar refractivity (Wildman–Crippen MR) is 105 cm³/mol. The van der Waals surface area contributed by atoms with Gasteiger partial charge in [-0.1, -0.05) is 11.6 Å². The third kappa shape index (κ3) is 3.88. The lowest BCUT2D eigenvalue weighted by atomic mass is 9.97. The number of hydrogen-bond donors (Lipinski definition) is 1. The van der Waals surface area contributed by atoms with Crippen LogP contribution in [0.1, 0.15) is 24.8 Å². The van der Waals surface area contributed by atoms with Gasteiger partial charge in [0, 0.05) is 30.2 Å². The molecule has 0 aromatic heterocycles. The van der Waals surface area contributed by atoms with Crippen LogP contribution >= 0.6 is 11.6 Å². The molecule has 2 aromatic rings. The average Bonchev–Trinajstić information content (AvgIpc) is 2.68. The van der Waals surface area contributed by atoms with Crippen molar-refractivity contribution in [3.8, 4) is 5.75 Å². The summed E-state index contributed by atoms with van der Waals surface area (Å²) in [4.78, 5) is 1.72. The van der Waals surface area contributed by atoms with Crippen molar-refractivity contribution in [2.75, 3.05) is 36.5 Å². The van der Waals surface area contributed by atoms with Gasteiger partial charge in [-0.2, -0.15) is 0 Å². The number of nitrogens with zero attached hydrogens (tertiary/aromatic N) is 1. The highest BCUT2D eigenvalue weighted by atomic mass is 35.5. The molecule has 0 radical (unpaired) electrons. The van der Waals surface area contributed by atoms with Crippen molar-refractivity contribution in [1.82, 2.24) is 0 Å². The number of rotatable bonds is 4. The summed E-state index contributed by atoms with van der Waals surface area (Å²) in [5.41, 5.74) is 1.43. The molecule has 4 rings (SSSR count). The zero-order valence-corrected chi connectivity index (χ0v) is 16.2. The summed E-state index contributed by atoms with van der Waals surface area (Å²) >= 11 is 5.70. The van der Waals surface area contributed by atoms with E-state index in [1.807, 2.05) is 0 Å². The van der Waals surface area contributed by atoms with Gasteiger partial charge in [-0.25, -0.2) is 13.2 Å². The number of nitrogens with one attached hydrogen (secondary N) is 1. The van der Waals surface area contributed by atoms with Gasteiger partial charge in [0.1, 0.15) is 17.3 Å². The quantitative estimate of drug-likeness (QED) is 0.729. The molecule has 1 N–H and O–H groups in total. The number of halogens is 4. The molecule has 1 saturated heterocycles. The van der Waals surface area contributed by atoms with E-state index in [1.54, 1.807) is 11.0 Å². The molecule has 0 atom stereocenters. The second-order valence-corrected chi connectivity index (χ2v) is 7.83. The third-order valence-corrected chi connectivity index (χ3v) is 5.73. The predicted octanol–water partition coefficient (Wildman–Crippen LogP) is 5.41. The Morgan fingerprint density at radius 3 is 2.50 bits per heavy atom. The maximum absolute atomic E-state index is 14.1. The van der Waals surface area contributed by atoms with Crippen LogP contribution in [0.2, 0.25) is 5.02 Å². The number of benzene rings is 2. The monoisotopic (exact) mass is 410 g/mol. The van der Waals surface area contributed by atoms with Crippen molar-refractivity contribution in [1.29, 1.82) is 0 Å². The van der Waals surface area contributed by atoms with Crippen molar-refractivity contribution in [2.24, 2.45) is 5.92 Å². The largest absolute Gasteiger partial charge is 0.493 e. The lowest BCUT2D eigenvalue weighted by Crippen LogP contribution is -2.36. The number of ether oxygens (including phenoxy) is 1. The maximum atomic E-state index is 14.1. The first-order valence-corrected chi connectivity index (χ1v) is 9.98. The molecule has 7 heteroatoms. The summed E-state index contributed by atoms with van der Waals surface area (Å²) in [6, 6.07) is 5.40. The van der Waals surface area contributed by atoms with E-state index in [0.29, 0.717) is 25.4 Å². The molecule has 2 heterocycles. The Bertz CT molecular complexity index is 846. The second-order valence-electron chi connectivity index (χ2n) is 7.39. The minimum absolute atomic E-state index is 0.0116. The number of hydrogen-bond acceptors (Lipinski definition) is 3. The van der Waals surface area contributed by atoms with Crippen LogP contribution in [0.15, 0.2) is 24.3 Å². The van der Waals surface area contributed by atoms with Gasteiger partial charge in [-0.15, -0.1) is 0 Å². The maximum Gasteiger partial charge on any atom is 0.150 e. The molecular formula is C21H22ClF3N2O. The Morgan fingerprint density at radius 1 is 1.07 bits per heavy atom. The normalized spacial score (nSPS) is 17.2. The van der Waals surface area contributed by atoms with Gasteiger partial charge in [0.15, 0.2) is 11.6 Å². The highest BCUT2D eigenvalue weighted by Gasteiger charge is 2.25. The van der Waals surface area contributed by atoms with Crippen LogP contribution < -0.4 is 15.0 Å². The molecule has 28 heavy (non-hydrogen) atoms. The molecule has 0 saturated carbocycles. The van der Waals surface area contributed by atoms with Gasteiger partial charge in [0.05, 0.1) is 12.3 Å². The zero-order valence-electron chi connectivity index (χ0n) is 15.4. The Balaban J connectivity index is 1.37. The molecule has 0 spiro atoms. The molecule has 0 aliphatic carbocycles. The molecule has 2 aliphatic heterocycles. The molecule has 2 aliphatic rings. The van der Waals surface area contributed by atoms with E-state index in [4.69, 9.17) is 16.3 Å². The smallest absolute Gasteiger partial charge is 0.150 e. The topological polar surface area (TPSA) is 24.5 Å². The summed E-state index contributed by atoms with van der Waals surface area (Å²) in [6.45, 7) is 2.38. The molecule has 2 aromatic carbocycles. The van der Waals surface area contributed by atoms with Gasteiger partial charge >= 0.3 is 0 Å². The van der Waals surface area contributed by atoms with Crippen molar-refractivity contribution in [3.05, 3.63) is 52.3 Å². The van der Waals surface area contributed by atoms with Crippen LogP contribution in [0.25, 0.3) is 0 Å². The minimum Gasteiger partial charge on any atom is -0.493 e.